The van der Waals surface area contributed by atoms with E-state index in [-0.39, 0.29) is 23.4 Å². The molecule has 1 aliphatic heterocycles. The van der Waals surface area contributed by atoms with Crippen LogP contribution in [0.2, 0.25) is 0 Å². The zero-order valence-electron chi connectivity index (χ0n) is 11.6. The molecule has 1 fully saturated rings. The van der Waals surface area contributed by atoms with Gasteiger partial charge in [-0.15, -0.1) is 0 Å². The molecule has 3 N–H and O–H groups in total. The molecule has 0 bridgehead atoms. The summed E-state index contributed by atoms with van der Waals surface area (Å²) in [6.45, 7) is 2.57. The molecule has 0 radical (unpaired) electrons. The average molecular weight is 357 g/mol. The molecule has 1 aromatic rings. The van der Waals surface area contributed by atoms with Crippen LogP contribution in [0.5, 0.6) is 0 Å². The summed E-state index contributed by atoms with van der Waals surface area (Å²) < 4.78 is 5.95. The number of carbonyl (C=O) groups excluding carboxylic acids is 1. The predicted octanol–water partition coefficient (Wildman–Crippen LogP) is 2.84. The molecular weight excluding hydrogens is 340 g/mol. The topological polar surface area (TPSA) is 87.7 Å². The lowest BCUT2D eigenvalue weighted by molar-refractivity contribution is 0.0157. The minimum atomic E-state index is -1.09. The maximum Gasteiger partial charge on any atom is 0.337 e. The lowest BCUT2D eigenvalue weighted by Crippen LogP contribution is -2.43. The summed E-state index contributed by atoms with van der Waals surface area (Å²) in [4.78, 5) is 23.2. The van der Waals surface area contributed by atoms with E-state index < -0.39 is 12.0 Å². The summed E-state index contributed by atoms with van der Waals surface area (Å²) in [6, 6.07) is 4.35. The van der Waals surface area contributed by atoms with Crippen LogP contribution in [-0.4, -0.2) is 35.9 Å². The van der Waals surface area contributed by atoms with E-state index >= 15 is 0 Å². The lowest BCUT2D eigenvalue weighted by atomic mass is 10.0. The fourth-order valence-electron chi connectivity index (χ4n) is 2.29. The van der Waals surface area contributed by atoms with Gasteiger partial charge in [0.05, 0.1) is 17.4 Å². The molecule has 2 amide bonds. The van der Waals surface area contributed by atoms with E-state index in [9.17, 15) is 9.59 Å². The number of rotatable bonds is 3. The lowest BCUT2D eigenvalue weighted by Gasteiger charge is -2.28. The van der Waals surface area contributed by atoms with Crippen LogP contribution >= 0.6 is 15.9 Å². The number of nitrogens with one attached hydrogen (secondary N) is 2. The van der Waals surface area contributed by atoms with Gasteiger partial charge in [0.15, 0.2) is 0 Å². The van der Waals surface area contributed by atoms with Crippen LogP contribution in [0, 0.1) is 0 Å². The van der Waals surface area contributed by atoms with Crippen molar-refractivity contribution < 1.29 is 19.4 Å². The van der Waals surface area contributed by atoms with Crippen molar-refractivity contribution in [3.8, 4) is 0 Å². The highest BCUT2D eigenvalue weighted by Gasteiger charge is 2.22. The summed E-state index contributed by atoms with van der Waals surface area (Å²) in [5.41, 5.74) is 0.294. The maximum absolute atomic E-state index is 12.0. The molecule has 2 rings (SSSR count). The Balaban J connectivity index is 2.04. The Morgan fingerprint density at radius 1 is 1.43 bits per heavy atom. The van der Waals surface area contributed by atoms with Crippen molar-refractivity contribution in [2.24, 2.45) is 0 Å². The molecule has 0 aromatic heterocycles. The fraction of sp³-hybridized carbons (Fsp3) is 0.429. The third-order valence-corrected chi connectivity index (χ3v) is 3.96. The van der Waals surface area contributed by atoms with Gasteiger partial charge < -0.3 is 20.5 Å². The standard InChI is InChI=1S/C14H17BrN2O4/c1-8-7-9(5-6-21-8)16-14(20)17-12-10(13(18)19)3-2-4-11(12)15/h2-4,8-9H,5-7H2,1H3,(H,18,19)(H2,16,17,20). The quantitative estimate of drug-likeness (QED) is 0.776. The highest BCUT2D eigenvalue weighted by Crippen LogP contribution is 2.26. The molecule has 6 nitrogen and oxygen atoms in total. The molecule has 0 aliphatic carbocycles. The monoisotopic (exact) mass is 356 g/mol. The molecule has 114 valence electrons. The van der Waals surface area contributed by atoms with Crippen LogP contribution in [0.4, 0.5) is 10.5 Å². The Labute approximate surface area is 131 Å². The van der Waals surface area contributed by atoms with E-state index in [0.29, 0.717) is 11.1 Å². The van der Waals surface area contributed by atoms with Crippen LogP contribution in [0.1, 0.15) is 30.1 Å². The Bertz CT molecular complexity index is 550. The summed E-state index contributed by atoms with van der Waals surface area (Å²) in [5, 5.41) is 14.6. The van der Waals surface area contributed by atoms with E-state index in [1.165, 1.54) is 6.07 Å². The fourth-order valence-corrected chi connectivity index (χ4v) is 2.76. The first kappa shape index (κ1) is 15.8. The molecule has 1 aliphatic rings. The van der Waals surface area contributed by atoms with Crippen LogP contribution in [-0.2, 0) is 4.74 Å². The predicted molar refractivity (Wildman–Crippen MR) is 81.7 cm³/mol. The first-order chi connectivity index (χ1) is 9.97. The number of benzene rings is 1. The number of amides is 2. The van der Waals surface area contributed by atoms with E-state index in [4.69, 9.17) is 9.84 Å². The number of aromatic carboxylic acids is 1. The second-order valence-corrected chi connectivity index (χ2v) is 5.82. The third kappa shape index (κ3) is 4.18. The Hall–Kier alpha value is -1.60. The Morgan fingerprint density at radius 2 is 2.19 bits per heavy atom. The number of hydrogen-bond acceptors (Lipinski definition) is 3. The number of anilines is 1. The van der Waals surface area contributed by atoms with Gasteiger partial charge in [0.2, 0.25) is 0 Å². The number of para-hydroxylation sites is 1. The third-order valence-electron chi connectivity index (χ3n) is 3.30. The summed E-state index contributed by atoms with van der Waals surface area (Å²) in [7, 11) is 0. The molecule has 1 heterocycles. The zero-order chi connectivity index (χ0) is 15.4. The van der Waals surface area contributed by atoms with E-state index in [2.05, 4.69) is 26.6 Å². The van der Waals surface area contributed by atoms with Gasteiger partial charge in [0, 0.05) is 17.1 Å². The number of halogens is 1. The Kier molecular flexibility index (Phi) is 5.19. The number of carboxylic acids is 1. The molecule has 21 heavy (non-hydrogen) atoms. The van der Waals surface area contributed by atoms with Crippen LogP contribution in [0.25, 0.3) is 0 Å². The SMILES string of the molecule is CC1CC(NC(=O)Nc2c(Br)cccc2C(=O)O)CCO1. The maximum atomic E-state index is 12.0. The number of ether oxygens (including phenoxy) is 1. The summed E-state index contributed by atoms with van der Waals surface area (Å²) in [6.07, 6.45) is 1.61. The first-order valence-electron chi connectivity index (χ1n) is 6.68. The van der Waals surface area contributed by atoms with Gasteiger partial charge in [-0.2, -0.15) is 0 Å². The van der Waals surface area contributed by atoms with Crippen molar-refractivity contribution in [1.82, 2.24) is 5.32 Å². The highest BCUT2D eigenvalue weighted by molar-refractivity contribution is 9.10. The number of urea groups is 1. The summed E-state index contributed by atoms with van der Waals surface area (Å²) in [5.74, 6) is -1.09. The smallest absolute Gasteiger partial charge is 0.337 e. The minimum Gasteiger partial charge on any atom is -0.478 e. The molecule has 0 saturated carbocycles. The van der Waals surface area contributed by atoms with Crippen molar-refractivity contribution in [3.63, 3.8) is 0 Å². The van der Waals surface area contributed by atoms with Gasteiger partial charge in [-0.1, -0.05) is 6.07 Å². The van der Waals surface area contributed by atoms with E-state index in [0.717, 1.165) is 12.8 Å². The molecular formula is C14H17BrN2O4. The van der Waals surface area contributed by atoms with Gasteiger partial charge >= 0.3 is 12.0 Å². The minimum absolute atomic E-state index is 0.0320. The van der Waals surface area contributed by atoms with Crippen molar-refractivity contribution in [2.45, 2.75) is 31.9 Å². The normalized spacial score (nSPS) is 21.6. The summed E-state index contributed by atoms with van der Waals surface area (Å²) >= 11 is 3.25. The van der Waals surface area contributed by atoms with Crippen molar-refractivity contribution in [2.75, 3.05) is 11.9 Å². The second-order valence-electron chi connectivity index (χ2n) is 4.97. The van der Waals surface area contributed by atoms with Crippen molar-refractivity contribution >= 4 is 33.6 Å². The molecule has 7 heteroatoms. The zero-order valence-corrected chi connectivity index (χ0v) is 13.1. The number of carbonyl (C=O) groups is 2. The number of carboxylic acid groups (broad SMARTS) is 1. The molecule has 2 atom stereocenters. The Morgan fingerprint density at radius 3 is 2.86 bits per heavy atom. The van der Waals surface area contributed by atoms with Gasteiger partial charge in [-0.25, -0.2) is 9.59 Å². The first-order valence-corrected chi connectivity index (χ1v) is 7.47. The molecule has 0 spiro atoms. The van der Waals surface area contributed by atoms with Gasteiger partial charge in [-0.05, 0) is 47.8 Å². The van der Waals surface area contributed by atoms with Gasteiger partial charge in [-0.3, -0.25) is 0 Å². The molecule has 1 saturated heterocycles. The van der Waals surface area contributed by atoms with Crippen molar-refractivity contribution in [1.29, 1.82) is 0 Å². The van der Waals surface area contributed by atoms with E-state index in [1.807, 2.05) is 6.92 Å². The van der Waals surface area contributed by atoms with Crippen LogP contribution in [0.15, 0.2) is 22.7 Å². The average Bonchev–Trinajstić information content (AvgIpc) is 2.40. The van der Waals surface area contributed by atoms with Gasteiger partial charge in [0.25, 0.3) is 0 Å². The van der Waals surface area contributed by atoms with E-state index in [1.54, 1.807) is 12.1 Å². The highest BCUT2D eigenvalue weighted by atomic mass is 79.9. The second kappa shape index (κ2) is 6.91. The molecule has 1 aromatic carbocycles. The van der Waals surface area contributed by atoms with Crippen LogP contribution < -0.4 is 10.6 Å². The largest absolute Gasteiger partial charge is 0.478 e. The van der Waals surface area contributed by atoms with Crippen LogP contribution in [0.3, 0.4) is 0 Å². The number of hydrogen-bond donors (Lipinski definition) is 3. The molecule has 2 unspecified atom stereocenters. The van der Waals surface area contributed by atoms with Crippen molar-refractivity contribution in [3.05, 3.63) is 28.2 Å². The van der Waals surface area contributed by atoms with Gasteiger partial charge in [0.1, 0.15) is 0 Å².